The van der Waals surface area contributed by atoms with Crippen molar-refractivity contribution in [3.05, 3.63) is 58.7 Å². The Bertz CT molecular complexity index is 1160. The second kappa shape index (κ2) is 8.97. The van der Waals surface area contributed by atoms with Gasteiger partial charge in [0.15, 0.2) is 17.3 Å². The standard InChI is InChI=1S/C22H22F4N2O5/c1-10-16(13-5-6-14(23)17(24)18(13)32-21(25)26)19(33-22(10,3)4)20(30)27-12-7-8-28(31)15(9-12)11(2)29/h5-10,16,19,21,31H,1-4H3/t10-,16+,19+/m1/s1. The predicted molar refractivity (Wildman–Crippen MR) is 106 cm³/mol. The predicted octanol–water partition coefficient (Wildman–Crippen LogP) is 3.83. The fourth-order valence-corrected chi connectivity index (χ4v) is 3.86. The Balaban J connectivity index is 2.11. The van der Waals surface area contributed by atoms with Crippen LogP contribution in [-0.2, 0) is 9.53 Å². The van der Waals surface area contributed by atoms with Gasteiger partial charge >= 0.3 is 6.61 Å². The molecule has 1 N–H and O–H groups in total. The van der Waals surface area contributed by atoms with Crippen molar-refractivity contribution in [3.63, 3.8) is 0 Å². The lowest BCUT2D eigenvalue weighted by atomic mass is 9.78. The molecule has 0 bridgehead atoms. The normalized spacial score (nSPS) is 22.6. The van der Waals surface area contributed by atoms with Crippen molar-refractivity contribution in [3.8, 4) is 5.75 Å². The summed E-state index contributed by atoms with van der Waals surface area (Å²) >= 11 is 0. The number of benzene rings is 1. The average Bonchev–Trinajstić information content (AvgIpc) is 2.96. The number of carbonyl (C=O) groups is 2. The summed E-state index contributed by atoms with van der Waals surface area (Å²) in [5, 5.41) is 9.73. The molecule has 3 rings (SSSR count). The van der Waals surface area contributed by atoms with Crippen molar-refractivity contribution in [2.75, 3.05) is 0 Å². The summed E-state index contributed by atoms with van der Waals surface area (Å²) in [7, 11) is 0. The molecule has 3 atom stereocenters. The molecule has 2 aromatic rings. The smallest absolute Gasteiger partial charge is 0.387 e. The van der Waals surface area contributed by atoms with E-state index in [9.17, 15) is 32.4 Å². The molecule has 1 aromatic heterocycles. The summed E-state index contributed by atoms with van der Waals surface area (Å²) in [5.41, 5.74) is -1.25. The molecule has 1 amide bonds. The number of aromatic nitrogens is 1. The zero-order valence-corrected chi connectivity index (χ0v) is 18.2. The summed E-state index contributed by atoms with van der Waals surface area (Å²) in [5.74, 6) is -6.83. The monoisotopic (exact) mass is 470 g/mol. The quantitative estimate of drug-likeness (QED) is 0.408. The Labute approximate surface area is 186 Å². The molecule has 11 heteroatoms. The van der Waals surface area contributed by atoms with Crippen molar-refractivity contribution in [2.45, 2.75) is 51.9 Å². The molecular weight excluding hydrogens is 448 g/mol. The molecule has 7 nitrogen and oxygen atoms in total. The molecule has 1 fully saturated rings. The van der Waals surface area contributed by atoms with Gasteiger partial charge in [0.1, 0.15) is 11.8 Å². The van der Waals surface area contributed by atoms with Gasteiger partial charge in [0.2, 0.25) is 5.82 Å². The molecule has 178 valence electrons. The molecule has 1 aromatic carbocycles. The second-order valence-corrected chi connectivity index (χ2v) is 8.24. The molecule has 1 saturated heterocycles. The zero-order chi connectivity index (χ0) is 24.7. The Morgan fingerprint density at radius 2 is 1.91 bits per heavy atom. The highest BCUT2D eigenvalue weighted by molar-refractivity contribution is 5.92. The number of pyridine rings is 1. The van der Waals surface area contributed by atoms with E-state index in [-0.39, 0.29) is 16.6 Å². The number of amides is 1. The molecule has 0 unspecified atom stereocenters. The summed E-state index contributed by atoms with van der Waals surface area (Å²) in [6, 6.07) is 4.29. The second-order valence-electron chi connectivity index (χ2n) is 8.24. The van der Waals surface area contributed by atoms with Crippen molar-refractivity contribution in [2.24, 2.45) is 10.9 Å². The first-order valence-electron chi connectivity index (χ1n) is 9.95. The minimum Gasteiger partial charge on any atom is -0.431 e. The Kier molecular flexibility index (Phi) is 6.64. The number of carbonyl (C=O) groups excluding carboxylic acids is 2. The highest BCUT2D eigenvalue weighted by Crippen LogP contribution is 2.49. The third-order valence-corrected chi connectivity index (χ3v) is 5.80. The van der Waals surface area contributed by atoms with E-state index in [0.717, 1.165) is 18.3 Å². The van der Waals surface area contributed by atoms with Gasteiger partial charge in [-0.1, -0.05) is 13.0 Å². The van der Waals surface area contributed by atoms with Gasteiger partial charge in [0.05, 0.1) is 11.0 Å². The van der Waals surface area contributed by atoms with Crippen LogP contribution in [0.3, 0.4) is 0 Å². The first-order chi connectivity index (χ1) is 15.3. The third kappa shape index (κ3) is 4.77. The summed E-state index contributed by atoms with van der Waals surface area (Å²) < 4.78 is 64.8. The minimum atomic E-state index is -3.43. The molecular formula is C22H22F4N2O5. The van der Waals surface area contributed by atoms with Gasteiger partial charge in [-0.2, -0.15) is 17.9 Å². The first-order valence-corrected chi connectivity index (χ1v) is 9.95. The maximum absolute atomic E-state index is 14.4. The maximum atomic E-state index is 14.4. The van der Waals surface area contributed by atoms with Crippen molar-refractivity contribution in [1.82, 2.24) is 4.73 Å². The topological polar surface area (TPSA) is 90.1 Å². The number of Topliss-reactive ketones (excluding diaryl/α,β-unsaturated/α-hetero) is 1. The van der Waals surface area contributed by atoms with Crippen LogP contribution < -0.4 is 10.1 Å². The molecule has 1 aliphatic rings. The van der Waals surface area contributed by atoms with Crippen molar-refractivity contribution in [1.29, 1.82) is 0 Å². The van der Waals surface area contributed by atoms with E-state index in [4.69, 9.17) is 4.74 Å². The first kappa shape index (κ1) is 24.4. The van der Waals surface area contributed by atoms with Crippen LogP contribution in [0.15, 0.2) is 35.5 Å². The van der Waals surface area contributed by atoms with Crippen LogP contribution in [0.4, 0.5) is 17.6 Å². The van der Waals surface area contributed by atoms with E-state index in [2.05, 4.69) is 9.73 Å². The lowest BCUT2D eigenvalue weighted by molar-refractivity contribution is -0.133. The third-order valence-electron chi connectivity index (χ3n) is 5.80. The number of rotatable bonds is 5. The van der Waals surface area contributed by atoms with E-state index < -0.39 is 59.2 Å². The Morgan fingerprint density at radius 1 is 1.24 bits per heavy atom. The van der Waals surface area contributed by atoms with Gasteiger partial charge in [-0.05, 0) is 38.0 Å². The molecule has 2 heterocycles. The fraction of sp³-hybridized carbons (Fsp3) is 0.409. The number of halogens is 4. The molecule has 0 radical (unpaired) electrons. The highest BCUT2D eigenvalue weighted by Gasteiger charge is 2.51. The molecule has 0 spiro atoms. The SMILES string of the molecule is CC(=O)c1cc(=NC(=O)[C@H]2OC(C)(C)[C@H](C)[C@H]2c2ccc(F)c(F)c2OC(F)F)ccn1O. The highest BCUT2D eigenvalue weighted by atomic mass is 19.3. The van der Waals surface area contributed by atoms with Crippen molar-refractivity contribution < 1.29 is 41.8 Å². The Hall–Kier alpha value is -3.21. The summed E-state index contributed by atoms with van der Waals surface area (Å²) in [4.78, 5) is 28.7. The van der Waals surface area contributed by atoms with Gasteiger partial charge in [0.25, 0.3) is 5.91 Å². The number of ether oxygens (including phenoxy) is 2. The summed E-state index contributed by atoms with van der Waals surface area (Å²) in [6.07, 6.45) is -0.228. The lowest BCUT2D eigenvalue weighted by Gasteiger charge is -2.26. The van der Waals surface area contributed by atoms with E-state index in [1.54, 1.807) is 20.8 Å². The van der Waals surface area contributed by atoms with Gasteiger partial charge in [-0.3, -0.25) is 9.59 Å². The summed E-state index contributed by atoms with van der Waals surface area (Å²) in [6.45, 7) is 2.79. The number of alkyl halides is 2. The van der Waals surface area contributed by atoms with Crippen LogP contribution in [0.25, 0.3) is 0 Å². The van der Waals surface area contributed by atoms with Gasteiger partial charge in [-0.15, -0.1) is 0 Å². The minimum absolute atomic E-state index is 0.0320. The van der Waals surface area contributed by atoms with Crippen LogP contribution in [-0.4, -0.2) is 39.9 Å². The van der Waals surface area contributed by atoms with E-state index >= 15 is 0 Å². The average molecular weight is 470 g/mol. The van der Waals surface area contributed by atoms with E-state index in [0.29, 0.717) is 4.73 Å². The number of hydrogen-bond acceptors (Lipinski definition) is 5. The van der Waals surface area contributed by atoms with Gasteiger partial charge in [0, 0.05) is 24.6 Å². The number of nitrogens with zero attached hydrogens (tertiary/aromatic N) is 2. The number of ketones is 1. The lowest BCUT2D eigenvalue weighted by Crippen LogP contribution is -2.29. The van der Waals surface area contributed by atoms with Crippen LogP contribution in [0.2, 0.25) is 0 Å². The fourth-order valence-electron chi connectivity index (χ4n) is 3.86. The largest absolute Gasteiger partial charge is 0.431 e. The van der Waals surface area contributed by atoms with E-state index in [1.807, 2.05) is 0 Å². The molecule has 0 saturated carbocycles. The zero-order valence-electron chi connectivity index (χ0n) is 18.2. The van der Waals surface area contributed by atoms with Crippen LogP contribution in [0, 0.1) is 17.6 Å². The molecule has 0 aliphatic carbocycles. The van der Waals surface area contributed by atoms with Gasteiger partial charge in [-0.25, -0.2) is 9.38 Å². The molecule has 33 heavy (non-hydrogen) atoms. The van der Waals surface area contributed by atoms with Crippen LogP contribution in [0.1, 0.15) is 49.7 Å². The number of hydrogen-bond donors (Lipinski definition) is 1. The van der Waals surface area contributed by atoms with E-state index in [1.165, 1.54) is 19.1 Å². The Morgan fingerprint density at radius 3 is 2.52 bits per heavy atom. The van der Waals surface area contributed by atoms with Crippen molar-refractivity contribution >= 4 is 11.7 Å². The maximum Gasteiger partial charge on any atom is 0.387 e. The molecule has 1 aliphatic heterocycles. The van der Waals surface area contributed by atoms with Gasteiger partial charge < -0.3 is 14.7 Å². The van der Waals surface area contributed by atoms with Crippen LogP contribution >= 0.6 is 0 Å². The van der Waals surface area contributed by atoms with Crippen LogP contribution in [0.5, 0.6) is 5.75 Å².